The molecule has 8 amide bonds. The van der Waals surface area contributed by atoms with Crippen LogP contribution >= 0.6 is 0 Å². The number of piperazine rings is 1. The molecule has 5 rings (SSSR count). The molecule has 2 saturated heterocycles. The highest BCUT2D eigenvalue weighted by Gasteiger charge is 2.47. The Balaban J connectivity index is 1.12. The van der Waals surface area contributed by atoms with Crippen LogP contribution in [0.2, 0.25) is 0 Å². The van der Waals surface area contributed by atoms with Gasteiger partial charge in [0.2, 0.25) is 23.6 Å². The summed E-state index contributed by atoms with van der Waals surface area (Å²) in [6.45, 7) is 15.1. The minimum atomic E-state index is -1.22. The van der Waals surface area contributed by atoms with Gasteiger partial charge in [-0.15, -0.1) is 0 Å². The molecule has 1 aromatic carbocycles. The second-order valence-corrected chi connectivity index (χ2v) is 24.4. The Morgan fingerprint density at radius 2 is 1.55 bits per heavy atom. The Labute approximate surface area is 516 Å². The molecule has 88 heavy (non-hydrogen) atoms. The van der Waals surface area contributed by atoms with Crippen LogP contribution in [0.1, 0.15) is 144 Å². The van der Waals surface area contributed by atoms with Crippen LogP contribution in [0.15, 0.2) is 72.4 Å². The molecule has 12 atom stereocenters. The van der Waals surface area contributed by atoms with E-state index in [0.717, 1.165) is 4.90 Å². The summed E-state index contributed by atoms with van der Waals surface area (Å²) in [5.41, 5.74) is 4.63. The number of cyclic esters (lactones) is 1. The average molecular weight is 1230 g/mol. The van der Waals surface area contributed by atoms with Crippen molar-refractivity contribution in [1.29, 1.82) is 0 Å². The average Bonchev–Trinajstić information content (AvgIpc) is 1.84. The number of epoxide rings is 1. The third kappa shape index (κ3) is 22.6. The second-order valence-electron chi connectivity index (χ2n) is 24.4. The number of allylic oxidation sites excluding steroid dienone is 2. The molecule has 0 radical (unpaired) electrons. The Morgan fingerprint density at radius 1 is 0.898 bits per heavy atom. The van der Waals surface area contributed by atoms with Gasteiger partial charge in [0.05, 0.1) is 36.4 Å². The number of methoxy groups -OCH3 is 1. The molecule has 488 valence electrons. The van der Waals surface area contributed by atoms with Crippen LogP contribution in [-0.2, 0) is 63.9 Å². The van der Waals surface area contributed by atoms with E-state index in [1.807, 2.05) is 20.8 Å². The van der Waals surface area contributed by atoms with Crippen LogP contribution in [-0.4, -0.2) is 183 Å². The lowest BCUT2D eigenvalue weighted by molar-refractivity contribution is -0.151. The SMILES string of the molecule is CC[C@H](O)[C@@H](C)[C@H]1O[C@@H]1C[C@@](C)(O)/C=C/C=C(\C)[C@H]1OC(=O)C[C@H](O)CC[C@@](C)(OC)[C@@H](OC(=O)N2CCN(C(=O)OCc3ccc(NC(=O)[C@H](CCCCC(N)=O)NC(=O)[C@@H](NC(=O)CCCCCN4C(=O)C=CC4=O)C(C)C)cc3)CC2)/C=C/[C@@H]1C. The van der Waals surface area contributed by atoms with Gasteiger partial charge in [-0.25, -0.2) is 9.59 Å². The lowest BCUT2D eigenvalue weighted by Gasteiger charge is -2.38. The Hall–Kier alpha value is -6.99. The van der Waals surface area contributed by atoms with Crippen LogP contribution in [0.3, 0.4) is 0 Å². The van der Waals surface area contributed by atoms with Crippen molar-refractivity contribution in [2.45, 2.75) is 205 Å². The highest BCUT2D eigenvalue weighted by molar-refractivity contribution is 6.12. The predicted octanol–water partition coefficient (Wildman–Crippen LogP) is 5.41. The van der Waals surface area contributed by atoms with Crippen LogP contribution in [0, 0.1) is 17.8 Å². The standard InChI is InChI=1S/C64H95N7O17/c1-10-48(73)43(6)58-49(86-58)38-63(7,83)30-16-17-41(4)57-42(5)21-26-50(64(8,84-9)31-29-46(72)37-55(78)88-57)87-62(82)70-35-33-69(34-36-70)61(81)85-39-44-22-24-45(25-23-44)66-59(79)47(18-13-14-19-51(65)74)67-60(80)56(40(2)3)68-52(75)20-12-11-15-32-71-53(76)27-28-54(71)77/h16-17,21-28,30,40,42-43,46-50,56-58,72-73,83H,10-15,18-20,29,31-39H2,1-9H3,(H2,65,74)(H,66,79)(H,67,80)(H,68,75)/b26-21+,30-16+,41-17+/t42-,43+,46+,47-,48-,49+,50-,56-,57+,58+,63-,64+/m0/s1. The first-order valence-corrected chi connectivity index (χ1v) is 30.9. The lowest BCUT2D eigenvalue weighted by atomic mass is 9.88. The number of aliphatic hydroxyl groups is 3. The molecule has 24 heteroatoms. The molecule has 0 spiro atoms. The zero-order chi connectivity index (χ0) is 64.9. The highest BCUT2D eigenvalue weighted by atomic mass is 16.6. The summed E-state index contributed by atoms with van der Waals surface area (Å²) in [4.78, 5) is 120. The summed E-state index contributed by atoms with van der Waals surface area (Å²) >= 11 is 0. The summed E-state index contributed by atoms with van der Waals surface area (Å²) in [6.07, 6.45) is 9.80. The van der Waals surface area contributed by atoms with E-state index in [0.29, 0.717) is 61.8 Å². The number of ether oxygens (including phenoxy) is 5. The molecule has 0 aromatic heterocycles. The van der Waals surface area contributed by atoms with E-state index in [1.54, 1.807) is 89.3 Å². The molecular weight excluding hydrogens is 1140 g/mol. The normalized spacial score (nSPS) is 25.1. The van der Waals surface area contributed by atoms with Crippen molar-refractivity contribution in [2.24, 2.45) is 23.5 Å². The lowest BCUT2D eigenvalue weighted by Crippen LogP contribution is -2.54. The highest BCUT2D eigenvalue weighted by Crippen LogP contribution is 2.38. The Morgan fingerprint density at radius 3 is 2.17 bits per heavy atom. The van der Waals surface area contributed by atoms with Gasteiger partial charge in [0.15, 0.2) is 6.10 Å². The fourth-order valence-electron chi connectivity index (χ4n) is 10.8. The number of rotatable bonds is 29. The van der Waals surface area contributed by atoms with Gasteiger partial charge in [-0.1, -0.05) is 83.9 Å². The number of esters is 1. The van der Waals surface area contributed by atoms with Crippen molar-refractivity contribution in [3.63, 3.8) is 0 Å². The zero-order valence-electron chi connectivity index (χ0n) is 52.6. The number of nitrogens with zero attached hydrogens (tertiary/aromatic N) is 3. The van der Waals surface area contributed by atoms with Crippen LogP contribution in [0.5, 0.6) is 0 Å². The van der Waals surface area contributed by atoms with Crippen molar-refractivity contribution in [1.82, 2.24) is 25.3 Å². The zero-order valence-corrected chi connectivity index (χ0v) is 52.6. The Kier molecular flexibility index (Phi) is 27.8. The number of amides is 8. The number of carbonyl (C=O) groups is 9. The molecule has 24 nitrogen and oxygen atoms in total. The fourth-order valence-corrected chi connectivity index (χ4v) is 10.8. The van der Waals surface area contributed by atoms with Gasteiger partial charge in [-0.05, 0) is 101 Å². The van der Waals surface area contributed by atoms with Crippen LogP contribution in [0.4, 0.5) is 15.3 Å². The van der Waals surface area contributed by atoms with E-state index in [4.69, 9.17) is 29.4 Å². The maximum atomic E-state index is 13.9. The first-order chi connectivity index (χ1) is 41.6. The van der Waals surface area contributed by atoms with E-state index in [9.17, 15) is 58.5 Å². The molecule has 1 aromatic rings. The molecule has 2 fully saturated rings. The minimum Gasteiger partial charge on any atom is -0.457 e. The smallest absolute Gasteiger partial charge is 0.410 e. The van der Waals surface area contributed by atoms with E-state index in [-0.39, 0.29) is 120 Å². The van der Waals surface area contributed by atoms with E-state index < -0.39 is 89.5 Å². The number of nitrogens with two attached hydrogens (primary N) is 1. The molecule has 0 saturated carbocycles. The van der Waals surface area contributed by atoms with Crippen molar-refractivity contribution in [3.8, 4) is 0 Å². The summed E-state index contributed by atoms with van der Waals surface area (Å²) in [5, 5.41) is 40.8. The van der Waals surface area contributed by atoms with Crippen LogP contribution in [0.25, 0.3) is 0 Å². The minimum absolute atomic E-state index is 0.0605. The summed E-state index contributed by atoms with van der Waals surface area (Å²) in [6, 6.07) is 4.54. The Bertz CT molecular complexity index is 2670. The van der Waals surface area contributed by atoms with E-state index >= 15 is 0 Å². The molecule has 4 aliphatic rings. The van der Waals surface area contributed by atoms with Gasteiger partial charge >= 0.3 is 18.2 Å². The van der Waals surface area contributed by atoms with E-state index in [2.05, 4.69) is 16.0 Å². The third-order valence-electron chi connectivity index (χ3n) is 16.7. The van der Waals surface area contributed by atoms with Crippen molar-refractivity contribution in [3.05, 3.63) is 77.9 Å². The number of benzene rings is 1. The molecule has 4 aliphatic heterocycles. The number of aliphatic hydroxyl groups excluding tert-OH is 2. The summed E-state index contributed by atoms with van der Waals surface area (Å²) in [5.74, 6) is -4.16. The van der Waals surface area contributed by atoms with E-state index in [1.165, 1.54) is 29.1 Å². The molecule has 0 bridgehead atoms. The summed E-state index contributed by atoms with van der Waals surface area (Å²) < 4.78 is 29.5. The van der Waals surface area contributed by atoms with Gasteiger partial charge in [0.25, 0.3) is 11.8 Å². The third-order valence-corrected chi connectivity index (χ3v) is 16.7. The molecule has 4 heterocycles. The van der Waals surface area contributed by atoms with Gasteiger partial charge in [-0.2, -0.15) is 0 Å². The van der Waals surface area contributed by atoms with Gasteiger partial charge in [0, 0.05) is 88.8 Å². The monoisotopic (exact) mass is 1230 g/mol. The van der Waals surface area contributed by atoms with Crippen molar-refractivity contribution < 1.29 is 82.2 Å². The topological polar surface area (TPSA) is 336 Å². The summed E-state index contributed by atoms with van der Waals surface area (Å²) in [7, 11) is 1.48. The maximum absolute atomic E-state index is 13.9. The molecule has 0 aliphatic carbocycles. The number of hydrogen-bond acceptors (Lipinski definition) is 17. The molecule has 8 N–H and O–H groups in total. The predicted molar refractivity (Wildman–Crippen MR) is 325 cm³/mol. The number of unbranched alkanes of at least 4 members (excludes halogenated alkanes) is 3. The van der Waals surface area contributed by atoms with Crippen molar-refractivity contribution >= 4 is 59.3 Å². The van der Waals surface area contributed by atoms with Crippen LogP contribution < -0.4 is 21.7 Å². The quantitative estimate of drug-likeness (QED) is 0.0100. The number of carbonyl (C=O) groups excluding carboxylic acids is 9. The first-order valence-electron chi connectivity index (χ1n) is 30.9. The van der Waals surface area contributed by atoms with Gasteiger partial charge in [-0.3, -0.25) is 38.5 Å². The number of imide groups is 1. The van der Waals surface area contributed by atoms with Crippen molar-refractivity contribution in [2.75, 3.05) is 45.2 Å². The first kappa shape index (κ1) is 71.8. The number of primary amides is 1. The fraction of sp³-hybridized carbons (Fsp3) is 0.641. The number of hydrogen-bond donors (Lipinski definition) is 7. The van der Waals surface area contributed by atoms with Gasteiger partial charge < -0.3 is 70.5 Å². The maximum Gasteiger partial charge on any atom is 0.410 e. The number of anilines is 1. The largest absolute Gasteiger partial charge is 0.457 e. The molecular formula is C64H95N7O17. The van der Waals surface area contributed by atoms with Gasteiger partial charge in [0.1, 0.15) is 30.4 Å². The molecule has 0 unspecified atom stereocenters. The number of nitrogens with one attached hydrogen (secondary N) is 3. The second kappa shape index (κ2) is 34.1.